The van der Waals surface area contributed by atoms with Gasteiger partial charge in [0.15, 0.2) is 5.11 Å². The van der Waals surface area contributed by atoms with Gasteiger partial charge < -0.3 is 16.0 Å². The van der Waals surface area contributed by atoms with E-state index in [2.05, 4.69) is 27.0 Å². The average molecular weight is 500 g/mol. The Morgan fingerprint density at radius 3 is 2.74 bits per heavy atom. The molecular weight excluding hydrogens is 475 g/mol. The number of amides is 1. The van der Waals surface area contributed by atoms with Crippen LogP contribution in [-0.2, 0) is 17.6 Å². The molecule has 0 radical (unpaired) electrons. The van der Waals surface area contributed by atoms with E-state index in [1.54, 1.807) is 6.20 Å². The minimum absolute atomic E-state index is 0.0299. The minimum atomic E-state index is -1.78. The maximum atomic E-state index is 12.5. The standard InChI is InChI=1S/C22H25Cl3N4OS/c1-14-6-2-3-7-15(14)11-12-18(30)28-20(22(23,24)25)29-21(31)27-17-10-4-8-16-9-5-13-26-19(16)17/h2-3,5-7,9,13,17,20H,4,8,10-12H2,1H3,(H,28,30)(H2,27,29,31). The Morgan fingerprint density at radius 1 is 1.23 bits per heavy atom. The van der Waals surface area contributed by atoms with E-state index in [-0.39, 0.29) is 18.4 Å². The second kappa shape index (κ2) is 10.8. The zero-order valence-corrected chi connectivity index (χ0v) is 20.2. The summed E-state index contributed by atoms with van der Waals surface area (Å²) >= 11 is 23.8. The van der Waals surface area contributed by atoms with Crippen molar-refractivity contribution in [2.45, 2.75) is 55.0 Å². The first-order valence-corrected chi connectivity index (χ1v) is 11.7. The summed E-state index contributed by atoms with van der Waals surface area (Å²) in [5.41, 5.74) is 4.43. The van der Waals surface area contributed by atoms with E-state index in [0.29, 0.717) is 11.5 Å². The monoisotopic (exact) mass is 498 g/mol. The number of aryl methyl sites for hydroxylation is 3. The fourth-order valence-corrected chi connectivity index (χ4v) is 4.24. The molecule has 0 saturated carbocycles. The van der Waals surface area contributed by atoms with Crippen LogP contribution >= 0.6 is 47.0 Å². The molecular formula is C22H25Cl3N4OS. The second-order valence-electron chi connectivity index (χ2n) is 7.58. The molecule has 0 spiro atoms. The van der Waals surface area contributed by atoms with Crippen LogP contribution in [0.2, 0.25) is 0 Å². The molecule has 0 bridgehead atoms. The Bertz CT molecular complexity index is 935. The van der Waals surface area contributed by atoms with Gasteiger partial charge in [0.05, 0.1) is 11.7 Å². The predicted octanol–water partition coefficient (Wildman–Crippen LogP) is 4.68. The lowest BCUT2D eigenvalue weighted by atomic mass is 9.92. The van der Waals surface area contributed by atoms with E-state index in [4.69, 9.17) is 47.0 Å². The van der Waals surface area contributed by atoms with Gasteiger partial charge in [0.1, 0.15) is 6.17 Å². The molecule has 3 rings (SSSR count). The number of benzene rings is 1. The van der Waals surface area contributed by atoms with Crippen LogP contribution in [0.4, 0.5) is 0 Å². The van der Waals surface area contributed by atoms with Crippen molar-refractivity contribution >= 4 is 58.0 Å². The predicted molar refractivity (Wildman–Crippen MR) is 131 cm³/mol. The SMILES string of the molecule is Cc1ccccc1CCC(=O)NC(NC(=S)NC1CCCc2cccnc21)C(Cl)(Cl)Cl. The number of alkyl halides is 3. The van der Waals surface area contributed by atoms with Crippen molar-refractivity contribution in [1.29, 1.82) is 0 Å². The molecule has 0 saturated heterocycles. The van der Waals surface area contributed by atoms with Crippen molar-refractivity contribution in [1.82, 2.24) is 20.9 Å². The summed E-state index contributed by atoms with van der Waals surface area (Å²) in [6.07, 6.45) is 4.58. The number of pyridine rings is 1. The number of hydrogen-bond donors (Lipinski definition) is 3. The van der Waals surface area contributed by atoms with Crippen molar-refractivity contribution in [3.8, 4) is 0 Å². The fourth-order valence-electron chi connectivity index (χ4n) is 3.65. The number of thiocarbonyl (C=S) groups is 1. The van der Waals surface area contributed by atoms with Gasteiger partial charge in [-0.3, -0.25) is 9.78 Å². The Balaban J connectivity index is 1.58. The number of fused-ring (bicyclic) bond motifs is 1. The third-order valence-electron chi connectivity index (χ3n) is 5.29. The summed E-state index contributed by atoms with van der Waals surface area (Å²) in [4.78, 5) is 17.0. The highest BCUT2D eigenvalue weighted by Crippen LogP contribution is 2.30. The number of carbonyl (C=O) groups excluding carboxylic acids is 1. The molecule has 166 valence electrons. The van der Waals surface area contributed by atoms with Crippen LogP contribution in [0, 0.1) is 6.92 Å². The summed E-state index contributed by atoms with van der Waals surface area (Å²) in [6.45, 7) is 2.02. The molecule has 2 unspecified atom stereocenters. The molecule has 0 fully saturated rings. The third kappa shape index (κ3) is 6.94. The Morgan fingerprint density at radius 2 is 2.00 bits per heavy atom. The average Bonchev–Trinajstić information content (AvgIpc) is 2.72. The maximum absolute atomic E-state index is 12.5. The summed E-state index contributed by atoms with van der Waals surface area (Å²) in [7, 11) is 0. The van der Waals surface area contributed by atoms with Gasteiger partial charge in [-0.25, -0.2) is 0 Å². The van der Waals surface area contributed by atoms with Crippen LogP contribution in [0.5, 0.6) is 0 Å². The number of nitrogens with one attached hydrogen (secondary N) is 3. The van der Waals surface area contributed by atoms with Crippen LogP contribution in [-0.4, -0.2) is 26.0 Å². The highest BCUT2D eigenvalue weighted by atomic mass is 35.6. The van der Waals surface area contributed by atoms with Crippen LogP contribution in [0.3, 0.4) is 0 Å². The van der Waals surface area contributed by atoms with Crippen LogP contribution in [0.1, 0.15) is 47.7 Å². The molecule has 1 heterocycles. The van der Waals surface area contributed by atoms with Gasteiger partial charge in [-0.05, 0) is 67.6 Å². The number of nitrogens with zero attached hydrogens (tertiary/aromatic N) is 1. The molecule has 3 N–H and O–H groups in total. The lowest BCUT2D eigenvalue weighted by Gasteiger charge is -2.31. The smallest absolute Gasteiger partial charge is 0.228 e. The molecule has 1 aliphatic carbocycles. The molecule has 0 aliphatic heterocycles. The van der Waals surface area contributed by atoms with Crippen LogP contribution < -0.4 is 16.0 Å². The number of aromatic nitrogens is 1. The van der Waals surface area contributed by atoms with Gasteiger partial charge in [-0.2, -0.15) is 0 Å². The fraction of sp³-hybridized carbons (Fsp3) is 0.409. The van der Waals surface area contributed by atoms with Gasteiger partial charge >= 0.3 is 0 Å². The van der Waals surface area contributed by atoms with Crippen molar-refractivity contribution < 1.29 is 4.79 Å². The lowest BCUT2D eigenvalue weighted by molar-refractivity contribution is -0.121. The van der Waals surface area contributed by atoms with Crippen molar-refractivity contribution in [3.63, 3.8) is 0 Å². The van der Waals surface area contributed by atoms with Crippen LogP contribution in [0.25, 0.3) is 0 Å². The zero-order valence-electron chi connectivity index (χ0n) is 17.1. The Hall–Kier alpha value is -1.60. The minimum Gasteiger partial charge on any atom is -0.354 e. The second-order valence-corrected chi connectivity index (χ2v) is 10.4. The maximum Gasteiger partial charge on any atom is 0.228 e. The van der Waals surface area contributed by atoms with Gasteiger partial charge in [-0.1, -0.05) is 65.1 Å². The molecule has 1 aromatic heterocycles. The van der Waals surface area contributed by atoms with E-state index in [0.717, 1.165) is 36.1 Å². The van der Waals surface area contributed by atoms with Gasteiger partial charge in [-0.15, -0.1) is 0 Å². The van der Waals surface area contributed by atoms with Gasteiger partial charge in [0.2, 0.25) is 9.70 Å². The number of halogens is 3. The first-order valence-electron chi connectivity index (χ1n) is 10.2. The molecule has 1 aromatic carbocycles. The van der Waals surface area contributed by atoms with Gasteiger partial charge in [0.25, 0.3) is 0 Å². The summed E-state index contributed by atoms with van der Waals surface area (Å²) < 4.78 is -1.78. The highest BCUT2D eigenvalue weighted by Gasteiger charge is 2.35. The lowest BCUT2D eigenvalue weighted by Crippen LogP contribution is -2.57. The first-order chi connectivity index (χ1) is 14.7. The van der Waals surface area contributed by atoms with E-state index >= 15 is 0 Å². The Kier molecular flexibility index (Phi) is 8.39. The largest absolute Gasteiger partial charge is 0.354 e. The van der Waals surface area contributed by atoms with E-state index in [9.17, 15) is 4.79 Å². The van der Waals surface area contributed by atoms with Crippen molar-refractivity contribution in [2.24, 2.45) is 0 Å². The molecule has 5 nitrogen and oxygen atoms in total. The molecule has 1 aliphatic rings. The van der Waals surface area contributed by atoms with E-state index < -0.39 is 9.96 Å². The number of carbonyl (C=O) groups is 1. The molecule has 1 amide bonds. The van der Waals surface area contributed by atoms with Crippen molar-refractivity contribution in [2.75, 3.05) is 0 Å². The summed E-state index contributed by atoms with van der Waals surface area (Å²) in [6, 6.07) is 11.9. The molecule has 2 atom stereocenters. The molecule has 9 heteroatoms. The molecule has 31 heavy (non-hydrogen) atoms. The highest BCUT2D eigenvalue weighted by molar-refractivity contribution is 7.80. The quantitative estimate of drug-likeness (QED) is 0.306. The van der Waals surface area contributed by atoms with E-state index in [1.807, 2.05) is 37.3 Å². The zero-order chi connectivity index (χ0) is 22.4. The summed E-state index contributed by atoms with van der Waals surface area (Å²) in [5, 5.41) is 9.22. The van der Waals surface area contributed by atoms with Gasteiger partial charge in [0, 0.05) is 12.6 Å². The number of hydrogen-bond acceptors (Lipinski definition) is 3. The van der Waals surface area contributed by atoms with Crippen LogP contribution in [0.15, 0.2) is 42.6 Å². The molecule has 2 aromatic rings. The first kappa shape index (κ1) is 24.1. The topological polar surface area (TPSA) is 66.1 Å². The third-order valence-corrected chi connectivity index (χ3v) is 6.18. The van der Waals surface area contributed by atoms with E-state index in [1.165, 1.54) is 5.56 Å². The normalized spacial score (nSPS) is 16.7. The number of rotatable bonds is 6. The summed E-state index contributed by atoms with van der Waals surface area (Å²) in [5.74, 6) is -0.237. The van der Waals surface area contributed by atoms with Crippen molar-refractivity contribution in [3.05, 3.63) is 65.0 Å². The Labute approximate surface area is 203 Å².